The van der Waals surface area contributed by atoms with E-state index in [-0.39, 0.29) is 28.6 Å². The Kier molecular flexibility index (Phi) is 7.87. The summed E-state index contributed by atoms with van der Waals surface area (Å²) in [7, 11) is -3.97. The van der Waals surface area contributed by atoms with Crippen LogP contribution in [-0.2, 0) is 26.0 Å². The van der Waals surface area contributed by atoms with Gasteiger partial charge in [0.15, 0.2) is 0 Å². The summed E-state index contributed by atoms with van der Waals surface area (Å²) in [6.45, 7) is 7.81. The molecule has 1 N–H and O–H groups in total. The molecular weight excluding hydrogens is 526 g/mol. The highest BCUT2D eigenvalue weighted by atomic mass is 32.2. The molecule has 0 spiro atoms. The molecule has 5 rings (SSSR count). The molecule has 5 atom stereocenters. The number of carbonyl (C=O) groups excluding carboxylic acids is 1. The molecule has 0 bridgehead atoms. The summed E-state index contributed by atoms with van der Waals surface area (Å²) >= 11 is 0. The lowest BCUT2D eigenvalue weighted by molar-refractivity contribution is -0.131. The van der Waals surface area contributed by atoms with Crippen LogP contribution in [-0.4, -0.2) is 37.6 Å². The van der Waals surface area contributed by atoms with E-state index in [2.05, 4.69) is 17.4 Å². The van der Waals surface area contributed by atoms with E-state index in [1.54, 1.807) is 24.3 Å². The van der Waals surface area contributed by atoms with Crippen LogP contribution < -0.4 is 4.74 Å². The molecule has 40 heavy (non-hydrogen) atoms. The number of rotatable bonds is 7. The average molecular weight is 568 g/mol. The van der Waals surface area contributed by atoms with Gasteiger partial charge in [0.2, 0.25) is 5.90 Å². The number of carbonyl (C=O) groups is 1. The molecule has 2 aromatic rings. The third-order valence-electron chi connectivity index (χ3n) is 9.74. The molecular formula is C32H41NO6S. The molecule has 0 heterocycles. The van der Waals surface area contributed by atoms with Crippen molar-refractivity contribution < 1.29 is 27.8 Å². The number of esters is 1. The van der Waals surface area contributed by atoms with E-state index < -0.39 is 15.6 Å². The summed E-state index contributed by atoms with van der Waals surface area (Å²) in [5, 5.41) is 12.2. The van der Waals surface area contributed by atoms with Crippen molar-refractivity contribution in [3.8, 4) is 5.75 Å². The zero-order valence-electron chi connectivity index (χ0n) is 24.0. The fourth-order valence-corrected chi connectivity index (χ4v) is 8.64. The summed E-state index contributed by atoms with van der Waals surface area (Å²) < 4.78 is 41.7. The van der Waals surface area contributed by atoms with Crippen LogP contribution in [0.15, 0.2) is 51.8 Å². The first-order valence-corrected chi connectivity index (χ1v) is 16.0. The van der Waals surface area contributed by atoms with E-state index in [9.17, 15) is 18.3 Å². The normalized spacial score (nSPS) is 29.7. The number of fused-ring (bicyclic) bond motifs is 5. The smallest absolute Gasteiger partial charge is 0.308 e. The molecule has 0 saturated heterocycles. The fraction of sp³-hybridized carbons (Fsp3) is 0.562. The first-order valence-electron chi connectivity index (χ1n) is 14.5. The Morgan fingerprint density at radius 3 is 2.55 bits per heavy atom. The van der Waals surface area contributed by atoms with Crippen molar-refractivity contribution in [2.24, 2.45) is 21.6 Å². The fourth-order valence-electron chi connectivity index (χ4n) is 7.67. The SMILES string of the molecule is CCCO/C(C[C@]1(O)CC[C@H]2[C@@H]3CCc4cc(OC(C)=O)ccc4[C@H]3CC[C@@]21C)=N/S(=O)(=O)c1ccc(C)cc1. The van der Waals surface area contributed by atoms with Gasteiger partial charge in [-0.25, -0.2) is 0 Å². The second-order valence-electron chi connectivity index (χ2n) is 12.2. The summed E-state index contributed by atoms with van der Waals surface area (Å²) in [5.74, 6) is 1.54. The first-order chi connectivity index (χ1) is 19.0. The van der Waals surface area contributed by atoms with E-state index in [1.807, 2.05) is 26.0 Å². The molecule has 216 valence electrons. The average Bonchev–Trinajstić information content (AvgIpc) is 3.16. The van der Waals surface area contributed by atoms with Gasteiger partial charge in [0.05, 0.1) is 23.5 Å². The summed E-state index contributed by atoms with van der Waals surface area (Å²) in [6, 6.07) is 12.6. The predicted octanol–water partition coefficient (Wildman–Crippen LogP) is 6.11. The lowest BCUT2D eigenvalue weighted by Gasteiger charge is -2.53. The van der Waals surface area contributed by atoms with Crippen LogP contribution in [0.4, 0.5) is 0 Å². The molecule has 0 unspecified atom stereocenters. The van der Waals surface area contributed by atoms with Gasteiger partial charge in [0.1, 0.15) is 5.75 Å². The maximum Gasteiger partial charge on any atom is 0.308 e. The minimum Gasteiger partial charge on any atom is -0.480 e. The van der Waals surface area contributed by atoms with Gasteiger partial charge < -0.3 is 14.6 Å². The van der Waals surface area contributed by atoms with Crippen LogP contribution in [0.2, 0.25) is 0 Å². The number of aryl methyl sites for hydroxylation is 2. The molecule has 2 saturated carbocycles. The van der Waals surface area contributed by atoms with Gasteiger partial charge in [-0.1, -0.05) is 37.6 Å². The highest BCUT2D eigenvalue weighted by Crippen LogP contribution is 2.65. The van der Waals surface area contributed by atoms with Crippen molar-refractivity contribution in [3.63, 3.8) is 0 Å². The minimum absolute atomic E-state index is 0.0881. The van der Waals surface area contributed by atoms with E-state index in [1.165, 1.54) is 18.1 Å². The lowest BCUT2D eigenvalue weighted by Crippen LogP contribution is -2.51. The molecule has 0 radical (unpaired) electrons. The zero-order valence-corrected chi connectivity index (χ0v) is 24.8. The molecule has 7 nitrogen and oxygen atoms in total. The first kappa shape index (κ1) is 28.8. The number of benzene rings is 2. The van der Waals surface area contributed by atoms with Gasteiger partial charge in [0, 0.05) is 6.92 Å². The Hall–Kier alpha value is -2.71. The number of hydrogen-bond donors (Lipinski definition) is 1. The Morgan fingerprint density at radius 1 is 1.10 bits per heavy atom. The number of aliphatic hydroxyl groups is 1. The van der Waals surface area contributed by atoms with E-state index in [0.717, 1.165) is 37.7 Å². The molecule has 0 amide bonds. The zero-order chi connectivity index (χ0) is 28.7. The topological polar surface area (TPSA) is 102 Å². The third kappa shape index (κ3) is 5.32. The predicted molar refractivity (Wildman–Crippen MR) is 154 cm³/mol. The molecule has 3 aliphatic rings. The van der Waals surface area contributed by atoms with E-state index >= 15 is 0 Å². The van der Waals surface area contributed by atoms with Crippen LogP contribution in [0, 0.1) is 24.2 Å². The maximum absolute atomic E-state index is 13.2. The molecule has 3 aliphatic carbocycles. The van der Waals surface area contributed by atoms with Crippen molar-refractivity contribution in [3.05, 3.63) is 59.2 Å². The Balaban J connectivity index is 1.40. The van der Waals surface area contributed by atoms with Gasteiger partial charge in [-0.2, -0.15) is 8.42 Å². The van der Waals surface area contributed by atoms with Crippen LogP contribution >= 0.6 is 0 Å². The van der Waals surface area contributed by atoms with Gasteiger partial charge in [-0.05, 0) is 110 Å². The van der Waals surface area contributed by atoms with Crippen LogP contribution in [0.25, 0.3) is 0 Å². The van der Waals surface area contributed by atoms with Crippen molar-refractivity contribution in [1.82, 2.24) is 0 Å². The highest BCUT2D eigenvalue weighted by molar-refractivity contribution is 7.90. The summed E-state index contributed by atoms with van der Waals surface area (Å²) in [4.78, 5) is 11.6. The number of sulfonamides is 1. The minimum atomic E-state index is -3.97. The molecule has 2 aromatic carbocycles. The molecule has 8 heteroatoms. The van der Waals surface area contributed by atoms with Crippen molar-refractivity contribution >= 4 is 21.9 Å². The van der Waals surface area contributed by atoms with Crippen LogP contribution in [0.1, 0.15) is 88.3 Å². The number of hydrogen-bond acceptors (Lipinski definition) is 6. The second-order valence-corrected chi connectivity index (χ2v) is 13.8. The Labute approximate surface area is 238 Å². The number of nitrogens with zero attached hydrogens (tertiary/aromatic N) is 1. The second kappa shape index (κ2) is 10.9. The standard InChI is InChI=1S/C32H41NO6S/c1-5-18-38-30(33-40(36,37)25-10-6-21(2)7-11-25)20-32(35)17-15-29-28-12-8-23-19-24(39-22(3)34)9-13-26(23)27(28)14-16-31(29,32)4/h6-7,9-11,13,19,27-29,35H,5,8,12,14-18,20H2,1-4H3/b33-30+/t27-,28-,29+,31+,32-/m1/s1. The summed E-state index contributed by atoms with van der Waals surface area (Å²) in [5.41, 5.74) is 2.09. The van der Waals surface area contributed by atoms with Crippen molar-refractivity contribution in [2.45, 2.75) is 95.5 Å². The van der Waals surface area contributed by atoms with Crippen LogP contribution in [0.3, 0.4) is 0 Å². The lowest BCUT2D eigenvalue weighted by atomic mass is 9.53. The van der Waals surface area contributed by atoms with Gasteiger partial charge in [0.25, 0.3) is 10.0 Å². The Bertz CT molecular complexity index is 1400. The number of ether oxygens (including phenoxy) is 2. The maximum atomic E-state index is 13.2. The summed E-state index contributed by atoms with van der Waals surface area (Å²) in [6.07, 6.45) is 6.00. The van der Waals surface area contributed by atoms with E-state index in [0.29, 0.717) is 43.0 Å². The van der Waals surface area contributed by atoms with Gasteiger partial charge >= 0.3 is 5.97 Å². The highest BCUT2D eigenvalue weighted by Gasteiger charge is 2.61. The van der Waals surface area contributed by atoms with E-state index in [4.69, 9.17) is 9.47 Å². The third-order valence-corrected chi connectivity index (χ3v) is 11.1. The molecule has 0 aliphatic heterocycles. The van der Waals surface area contributed by atoms with Gasteiger partial charge in [-0.3, -0.25) is 4.79 Å². The largest absolute Gasteiger partial charge is 0.480 e. The van der Waals surface area contributed by atoms with Gasteiger partial charge in [-0.15, -0.1) is 4.40 Å². The quantitative estimate of drug-likeness (QED) is 0.187. The van der Waals surface area contributed by atoms with Crippen molar-refractivity contribution in [1.29, 1.82) is 0 Å². The monoisotopic (exact) mass is 567 g/mol. The van der Waals surface area contributed by atoms with Crippen LogP contribution in [0.5, 0.6) is 5.75 Å². The molecule has 2 fully saturated rings. The van der Waals surface area contributed by atoms with Crippen molar-refractivity contribution in [2.75, 3.05) is 6.61 Å². The molecule has 0 aromatic heterocycles. The Morgan fingerprint density at radius 2 is 1.85 bits per heavy atom.